The van der Waals surface area contributed by atoms with Crippen LogP contribution in [0.2, 0.25) is 5.02 Å². The van der Waals surface area contributed by atoms with Gasteiger partial charge in [-0.1, -0.05) is 35.9 Å². The van der Waals surface area contributed by atoms with Crippen LogP contribution in [0.5, 0.6) is 0 Å². The third-order valence-electron chi connectivity index (χ3n) is 8.43. The number of fused-ring (bicyclic) bond motifs is 2. The Kier molecular flexibility index (Phi) is 10.4. The number of carboxylic acid groups (broad SMARTS) is 1. The highest BCUT2D eigenvalue weighted by Gasteiger charge is 2.39. The number of pyridine rings is 1. The number of nitrogens with zero attached hydrogens (tertiary/aromatic N) is 2. The first-order valence-electron chi connectivity index (χ1n) is 14.8. The zero-order valence-corrected chi connectivity index (χ0v) is 26.4. The summed E-state index contributed by atoms with van der Waals surface area (Å²) in [5.41, 5.74) is -0.623. The minimum Gasteiger partial charge on any atom is -0.465 e. The molecule has 0 radical (unpaired) electrons. The number of nitrogens with one attached hydrogen (secondary N) is 3. The summed E-state index contributed by atoms with van der Waals surface area (Å²) in [6.45, 7) is 0.704. The second-order valence-electron chi connectivity index (χ2n) is 11.5. The van der Waals surface area contributed by atoms with E-state index >= 15 is 4.39 Å². The van der Waals surface area contributed by atoms with Crippen LogP contribution in [0.25, 0.3) is 0 Å². The lowest BCUT2D eigenvalue weighted by molar-refractivity contribution is -0.141. The normalized spacial score (nSPS) is 22.0. The number of hydrogen-bond donors (Lipinski definition) is 4. The molecule has 3 aromatic rings. The van der Waals surface area contributed by atoms with Crippen molar-refractivity contribution in [3.05, 3.63) is 94.0 Å². The van der Waals surface area contributed by atoms with Crippen molar-refractivity contribution in [1.82, 2.24) is 19.9 Å². The molecule has 2 aromatic carbocycles. The predicted octanol–water partition coefficient (Wildman–Crippen LogP) is 5.00. The third kappa shape index (κ3) is 8.20. The first-order chi connectivity index (χ1) is 22.2. The summed E-state index contributed by atoms with van der Waals surface area (Å²) in [5, 5.41) is 18.1. The average Bonchev–Trinajstić information content (AvgIpc) is 3.12. The second kappa shape index (κ2) is 14.1. The molecule has 5 unspecified atom stereocenters. The van der Waals surface area contributed by atoms with Crippen LogP contribution in [0.15, 0.2) is 60.8 Å². The average molecular weight is 698 g/mol. The summed E-state index contributed by atoms with van der Waals surface area (Å²) >= 11 is 6.04. The monoisotopic (exact) mass is 697 g/mol. The lowest BCUT2D eigenvalue weighted by atomic mass is 9.85. The number of carbonyl (C=O) groups is 2. The van der Waals surface area contributed by atoms with Gasteiger partial charge in [0.2, 0.25) is 15.9 Å². The highest BCUT2D eigenvalue weighted by molar-refractivity contribution is 7.89. The summed E-state index contributed by atoms with van der Waals surface area (Å²) in [4.78, 5) is 29.3. The second-order valence-corrected chi connectivity index (χ2v) is 14.0. The Balaban J connectivity index is 1.44. The van der Waals surface area contributed by atoms with Gasteiger partial charge in [0.1, 0.15) is 17.6 Å². The molecule has 3 heterocycles. The Bertz CT molecular complexity index is 1710. The summed E-state index contributed by atoms with van der Waals surface area (Å²) in [6, 6.07) is 9.76. The Morgan fingerprint density at radius 2 is 1.83 bits per heavy atom. The van der Waals surface area contributed by atoms with Crippen LogP contribution in [0, 0.1) is 5.82 Å². The number of rotatable bonds is 9. The molecule has 2 saturated heterocycles. The highest BCUT2D eigenvalue weighted by atomic mass is 35.5. The van der Waals surface area contributed by atoms with Crippen LogP contribution in [0.3, 0.4) is 0 Å². The Labute approximate surface area is 273 Å². The number of carbonyl (C=O) groups excluding carboxylic acids is 1. The summed E-state index contributed by atoms with van der Waals surface area (Å²) in [7, 11) is -3.49. The Hall–Kier alpha value is -3.79. The molecule has 4 N–H and O–H groups in total. The maximum absolute atomic E-state index is 15.3. The van der Waals surface area contributed by atoms with Crippen LogP contribution in [-0.2, 0) is 27.4 Å². The predicted molar refractivity (Wildman–Crippen MR) is 166 cm³/mol. The molecule has 5 atom stereocenters. The molecule has 0 saturated carbocycles. The van der Waals surface area contributed by atoms with Gasteiger partial charge in [-0.2, -0.15) is 17.5 Å². The van der Waals surface area contributed by atoms with Crippen molar-refractivity contribution in [2.45, 2.75) is 55.9 Å². The van der Waals surface area contributed by atoms with Gasteiger partial charge in [0.15, 0.2) is 0 Å². The van der Waals surface area contributed by atoms with E-state index in [0.29, 0.717) is 30.1 Å². The van der Waals surface area contributed by atoms with E-state index in [1.54, 1.807) is 0 Å². The van der Waals surface area contributed by atoms with Gasteiger partial charge < -0.3 is 21.1 Å². The third-order valence-corrected chi connectivity index (χ3v) is 10.6. The number of amides is 2. The van der Waals surface area contributed by atoms with Crippen molar-refractivity contribution in [2.24, 2.45) is 0 Å². The molecule has 2 fully saturated rings. The smallest absolute Gasteiger partial charge is 0.433 e. The fourth-order valence-corrected chi connectivity index (χ4v) is 8.07. The van der Waals surface area contributed by atoms with Crippen molar-refractivity contribution in [2.75, 3.05) is 24.2 Å². The summed E-state index contributed by atoms with van der Waals surface area (Å²) in [6.07, 6.45) is -3.85. The van der Waals surface area contributed by atoms with E-state index in [1.165, 1.54) is 46.8 Å². The number of aromatic nitrogens is 1. The number of hydrogen-bond acceptors (Lipinski definition) is 6. The molecule has 2 bridgehead atoms. The fourth-order valence-electron chi connectivity index (χ4n) is 6.13. The number of alkyl halides is 3. The van der Waals surface area contributed by atoms with Gasteiger partial charge in [0, 0.05) is 53.6 Å². The molecule has 2 aliphatic rings. The number of benzene rings is 2. The van der Waals surface area contributed by atoms with Gasteiger partial charge in [-0.05, 0) is 67.1 Å². The number of piperazine rings is 1. The van der Waals surface area contributed by atoms with E-state index < -0.39 is 57.7 Å². The number of anilines is 1. The van der Waals surface area contributed by atoms with E-state index in [4.69, 9.17) is 11.6 Å². The maximum atomic E-state index is 15.3. The van der Waals surface area contributed by atoms with Gasteiger partial charge >= 0.3 is 12.3 Å². The Morgan fingerprint density at radius 1 is 1.11 bits per heavy atom. The summed E-state index contributed by atoms with van der Waals surface area (Å²) in [5.74, 6) is -2.72. The highest BCUT2D eigenvalue weighted by Crippen LogP contribution is 2.34. The summed E-state index contributed by atoms with van der Waals surface area (Å²) < 4.78 is 82.3. The molecular formula is C31H32ClF4N5O5S. The van der Waals surface area contributed by atoms with Gasteiger partial charge in [-0.15, -0.1) is 0 Å². The van der Waals surface area contributed by atoms with Crippen LogP contribution < -0.4 is 16.0 Å². The van der Waals surface area contributed by atoms with Crippen LogP contribution in [0.1, 0.15) is 47.6 Å². The molecule has 10 nitrogen and oxygen atoms in total. The van der Waals surface area contributed by atoms with Crippen LogP contribution in [0.4, 0.5) is 28.0 Å². The SMILES string of the molecule is O=C(O)NC(C(=O)Nc1cccc(F)c1CCC1CNC2CCCS(=O)(=O)N1C2)C(c1ccc(Cl)cc1)c1ccc(C(F)(F)F)nc1. The van der Waals surface area contributed by atoms with Crippen molar-refractivity contribution >= 4 is 39.3 Å². The van der Waals surface area contributed by atoms with E-state index in [2.05, 4.69) is 20.9 Å². The molecule has 5 rings (SSSR count). The lowest BCUT2D eigenvalue weighted by Gasteiger charge is -2.37. The minimum atomic E-state index is -4.73. The molecule has 0 spiro atoms. The van der Waals surface area contributed by atoms with Crippen molar-refractivity contribution in [3.63, 3.8) is 0 Å². The number of halogens is 5. The molecule has 16 heteroatoms. The molecule has 47 heavy (non-hydrogen) atoms. The van der Waals surface area contributed by atoms with Gasteiger partial charge in [-0.3, -0.25) is 9.78 Å². The standard InChI is InChI=1S/C31H32ClF4N5O5S/c32-20-9-6-18(7-10-20)27(19-8-13-26(38-15-19)31(34,35)36)28(40-30(43)44)29(42)39-25-5-1-4-24(33)23(25)12-11-22-16-37-21-3-2-14-47(45,46)41(22)17-21/h1,4-10,13,15,21-22,27-28,37,40H,2-3,11-12,14,16-17H2,(H,39,42)(H,43,44). The molecular weight excluding hydrogens is 666 g/mol. The van der Waals surface area contributed by atoms with E-state index in [9.17, 15) is 36.3 Å². The first-order valence-corrected chi connectivity index (χ1v) is 16.8. The van der Waals surface area contributed by atoms with E-state index in [-0.39, 0.29) is 41.5 Å². The largest absolute Gasteiger partial charge is 0.465 e. The topological polar surface area (TPSA) is 141 Å². The van der Waals surface area contributed by atoms with Crippen molar-refractivity contribution in [1.29, 1.82) is 0 Å². The molecule has 0 aliphatic carbocycles. The van der Waals surface area contributed by atoms with Crippen LogP contribution >= 0.6 is 11.6 Å². The molecule has 2 amide bonds. The minimum absolute atomic E-state index is 0.0316. The van der Waals surface area contributed by atoms with Gasteiger partial charge in [0.25, 0.3) is 0 Å². The lowest BCUT2D eigenvalue weighted by Crippen LogP contribution is -2.57. The Morgan fingerprint density at radius 3 is 2.49 bits per heavy atom. The quantitative estimate of drug-likeness (QED) is 0.231. The zero-order valence-electron chi connectivity index (χ0n) is 24.8. The van der Waals surface area contributed by atoms with Gasteiger partial charge in [-0.25, -0.2) is 17.6 Å². The number of sulfonamides is 1. The molecule has 1 aromatic heterocycles. The van der Waals surface area contributed by atoms with E-state index in [0.717, 1.165) is 24.8 Å². The maximum Gasteiger partial charge on any atom is 0.433 e. The molecule has 2 aliphatic heterocycles. The van der Waals surface area contributed by atoms with Crippen LogP contribution in [-0.4, -0.2) is 71.8 Å². The fraction of sp³-hybridized carbons (Fsp3) is 0.387. The van der Waals surface area contributed by atoms with Gasteiger partial charge in [0.05, 0.1) is 5.75 Å². The zero-order chi connectivity index (χ0) is 33.9. The van der Waals surface area contributed by atoms with Crippen molar-refractivity contribution in [3.8, 4) is 0 Å². The first kappa shape index (κ1) is 34.5. The molecule has 252 valence electrons. The van der Waals surface area contributed by atoms with E-state index in [1.807, 2.05) is 0 Å². The van der Waals surface area contributed by atoms with Crippen molar-refractivity contribution < 1.29 is 40.7 Å².